The molecule has 0 bridgehead atoms. The molecule has 0 amide bonds. The maximum Gasteiger partial charge on any atom is 0.122 e. The molecule has 0 saturated carbocycles. The maximum atomic E-state index is 5.56. The first-order valence-corrected chi connectivity index (χ1v) is 5.76. The second-order valence-corrected chi connectivity index (χ2v) is 3.62. The fourth-order valence-electron chi connectivity index (χ4n) is 1.67. The molecule has 84 valence electrons. The highest BCUT2D eigenvalue weighted by Gasteiger charge is 2.02. The van der Waals surface area contributed by atoms with Gasteiger partial charge in [-0.05, 0) is 49.9 Å². The zero-order chi connectivity index (χ0) is 11.1. The van der Waals surface area contributed by atoms with Crippen LogP contribution in [-0.2, 0) is 12.8 Å². The molecule has 2 heteroatoms. The summed E-state index contributed by atoms with van der Waals surface area (Å²) in [5.74, 6) is 1.02. The van der Waals surface area contributed by atoms with Crippen LogP contribution < -0.4 is 10.5 Å². The Balaban J connectivity index is 2.77. The monoisotopic (exact) mass is 207 g/mol. The van der Waals surface area contributed by atoms with Gasteiger partial charge in [0.25, 0.3) is 0 Å². The van der Waals surface area contributed by atoms with E-state index in [0.717, 1.165) is 38.2 Å². The number of ether oxygens (including phenoxy) is 1. The number of nitrogens with two attached hydrogens (primary N) is 1. The zero-order valence-corrected chi connectivity index (χ0v) is 9.75. The Kier molecular flexibility index (Phi) is 5.19. The molecule has 1 aromatic carbocycles. The summed E-state index contributed by atoms with van der Waals surface area (Å²) in [7, 11) is 0. The summed E-state index contributed by atoms with van der Waals surface area (Å²) in [6.07, 6.45) is 3.14. The van der Waals surface area contributed by atoms with Gasteiger partial charge in [-0.2, -0.15) is 0 Å². The molecule has 2 nitrogen and oxygen atoms in total. The largest absolute Gasteiger partial charge is 0.494 e. The Bertz CT molecular complexity index is 297. The lowest BCUT2D eigenvalue weighted by atomic mass is 10.0. The molecule has 2 N–H and O–H groups in total. The fourth-order valence-corrected chi connectivity index (χ4v) is 1.67. The molecule has 0 radical (unpaired) electrons. The van der Waals surface area contributed by atoms with Crippen molar-refractivity contribution >= 4 is 0 Å². The molecule has 0 aliphatic carbocycles. The van der Waals surface area contributed by atoms with Crippen LogP contribution in [0.5, 0.6) is 5.75 Å². The Morgan fingerprint density at radius 3 is 2.67 bits per heavy atom. The van der Waals surface area contributed by atoms with Crippen molar-refractivity contribution in [1.29, 1.82) is 0 Å². The number of hydrogen-bond donors (Lipinski definition) is 1. The lowest BCUT2D eigenvalue weighted by Gasteiger charge is -2.10. The van der Waals surface area contributed by atoms with Crippen molar-refractivity contribution in [2.24, 2.45) is 5.73 Å². The van der Waals surface area contributed by atoms with E-state index in [1.807, 2.05) is 6.92 Å². The summed E-state index contributed by atoms with van der Waals surface area (Å²) >= 11 is 0. The van der Waals surface area contributed by atoms with Crippen molar-refractivity contribution in [3.8, 4) is 5.75 Å². The fraction of sp³-hybridized carbons (Fsp3) is 0.538. The summed E-state index contributed by atoms with van der Waals surface area (Å²) in [6, 6.07) is 6.45. The van der Waals surface area contributed by atoms with Crippen molar-refractivity contribution in [3.63, 3.8) is 0 Å². The Hall–Kier alpha value is -1.02. The van der Waals surface area contributed by atoms with Gasteiger partial charge in [0.2, 0.25) is 0 Å². The molecule has 0 aliphatic heterocycles. The molecular weight excluding hydrogens is 186 g/mol. The predicted molar refractivity (Wildman–Crippen MR) is 64.4 cm³/mol. The summed E-state index contributed by atoms with van der Waals surface area (Å²) in [4.78, 5) is 0. The van der Waals surface area contributed by atoms with Gasteiger partial charge in [-0.15, -0.1) is 0 Å². The van der Waals surface area contributed by atoms with E-state index >= 15 is 0 Å². The average molecular weight is 207 g/mol. The third-order valence-electron chi connectivity index (χ3n) is 2.48. The highest BCUT2D eigenvalue weighted by atomic mass is 16.5. The van der Waals surface area contributed by atoms with Gasteiger partial charge in [0, 0.05) is 0 Å². The predicted octanol–water partition coefficient (Wildman–Crippen LogP) is 2.54. The first-order chi connectivity index (χ1) is 7.31. The third kappa shape index (κ3) is 3.56. The van der Waals surface area contributed by atoms with Gasteiger partial charge < -0.3 is 10.5 Å². The van der Waals surface area contributed by atoms with E-state index in [2.05, 4.69) is 25.1 Å². The Morgan fingerprint density at radius 2 is 2.07 bits per heavy atom. The van der Waals surface area contributed by atoms with Crippen LogP contribution in [0.2, 0.25) is 0 Å². The van der Waals surface area contributed by atoms with E-state index in [4.69, 9.17) is 10.5 Å². The first kappa shape index (κ1) is 12.1. The highest BCUT2D eigenvalue weighted by molar-refractivity contribution is 5.37. The average Bonchev–Trinajstić information content (AvgIpc) is 2.28. The Labute approximate surface area is 92.4 Å². The van der Waals surface area contributed by atoms with Crippen LogP contribution in [0.1, 0.15) is 31.4 Å². The maximum absolute atomic E-state index is 5.56. The first-order valence-electron chi connectivity index (χ1n) is 5.76. The number of rotatable bonds is 6. The molecule has 0 saturated heterocycles. The molecule has 0 aliphatic rings. The van der Waals surface area contributed by atoms with Crippen molar-refractivity contribution in [2.45, 2.75) is 33.1 Å². The van der Waals surface area contributed by atoms with E-state index in [9.17, 15) is 0 Å². The van der Waals surface area contributed by atoms with Gasteiger partial charge in [-0.3, -0.25) is 0 Å². The van der Waals surface area contributed by atoms with E-state index in [1.165, 1.54) is 11.1 Å². The molecule has 1 aromatic rings. The highest BCUT2D eigenvalue weighted by Crippen LogP contribution is 2.21. The molecule has 0 aromatic heterocycles. The van der Waals surface area contributed by atoms with Crippen molar-refractivity contribution in [3.05, 3.63) is 29.3 Å². The van der Waals surface area contributed by atoms with Crippen molar-refractivity contribution in [2.75, 3.05) is 13.2 Å². The molecule has 0 unspecified atom stereocenters. The van der Waals surface area contributed by atoms with E-state index in [-0.39, 0.29) is 0 Å². The van der Waals surface area contributed by atoms with Crippen LogP contribution in [-0.4, -0.2) is 13.2 Å². The van der Waals surface area contributed by atoms with E-state index < -0.39 is 0 Å². The lowest BCUT2D eigenvalue weighted by molar-refractivity contribution is 0.336. The van der Waals surface area contributed by atoms with Crippen LogP contribution in [0.3, 0.4) is 0 Å². The Morgan fingerprint density at radius 1 is 1.27 bits per heavy atom. The smallest absolute Gasteiger partial charge is 0.122 e. The van der Waals surface area contributed by atoms with E-state index in [0.29, 0.717) is 0 Å². The van der Waals surface area contributed by atoms with Crippen molar-refractivity contribution in [1.82, 2.24) is 0 Å². The summed E-state index contributed by atoms with van der Waals surface area (Å²) < 4.78 is 5.56. The molecule has 0 heterocycles. The van der Waals surface area contributed by atoms with Gasteiger partial charge >= 0.3 is 0 Å². The summed E-state index contributed by atoms with van der Waals surface area (Å²) in [5.41, 5.74) is 8.16. The van der Waals surface area contributed by atoms with Gasteiger partial charge in [0.15, 0.2) is 0 Å². The van der Waals surface area contributed by atoms with E-state index in [1.54, 1.807) is 0 Å². The molecule has 0 atom stereocenters. The SMILES string of the molecule is CCOc1ccc(CCCN)cc1CC. The van der Waals surface area contributed by atoms with Crippen LogP contribution >= 0.6 is 0 Å². The molecule has 0 fully saturated rings. The van der Waals surface area contributed by atoms with Crippen molar-refractivity contribution < 1.29 is 4.74 Å². The topological polar surface area (TPSA) is 35.2 Å². The molecule has 15 heavy (non-hydrogen) atoms. The standard InChI is InChI=1S/C13H21NO/c1-3-12-10-11(6-5-9-14)7-8-13(12)15-4-2/h7-8,10H,3-6,9,14H2,1-2H3. The number of aryl methyl sites for hydroxylation is 2. The number of benzene rings is 1. The second kappa shape index (κ2) is 6.46. The quantitative estimate of drug-likeness (QED) is 0.778. The third-order valence-corrected chi connectivity index (χ3v) is 2.48. The van der Waals surface area contributed by atoms with Crippen LogP contribution in [0.4, 0.5) is 0 Å². The van der Waals surface area contributed by atoms with Gasteiger partial charge in [0.05, 0.1) is 6.61 Å². The van der Waals surface area contributed by atoms with Gasteiger partial charge in [0.1, 0.15) is 5.75 Å². The summed E-state index contributed by atoms with van der Waals surface area (Å²) in [5, 5.41) is 0. The van der Waals surface area contributed by atoms with Crippen LogP contribution in [0.15, 0.2) is 18.2 Å². The van der Waals surface area contributed by atoms with Gasteiger partial charge in [-0.1, -0.05) is 19.1 Å². The summed E-state index contributed by atoms with van der Waals surface area (Å²) in [6.45, 7) is 5.66. The minimum absolute atomic E-state index is 0.731. The van der Waals surface area contributed by atoms with Gasteiger partial charge in [-0.25, -0.2) is 0 Å². The molecule has 0 spiro atoms. The lowest BCUT2D eigenvalue weighted by Crippen LogP contribution is -2.01. The number of hydrogen-bond acceptors (Lipinski definition) is 2. The zero-order valence-electron chi connectivity index (χ0n) is 9.75. The van der Waals surface area contributed by atoms with Crippen LogP contribution in [0.25, 0.3) is 0 Å². The minimum Gasteiger partial charge on any atom is -0.494 e. The normalized spacial score (nSPS) is 10.3. The van der Waals surface area contributed by atoms with Crippen LogP contribution in [0, 0.1) is 0 Å². The molecular formula is C13H21NO. The minimum atomic E-state index is 0.731. The second-order valence-electron chi connectivity index (χ2n) is 3.62. The molecule has 1 rings (SSSR count).